The minimum absolute atomic E-state index is 0.133. The molecule has 4 nitrogen and oxygen atoms in total. The predicted octanol–water partition coefficient (Wildman–Crippen LogP) is 2.39. The lowest BCUT2D eigenvalue weighted by Gasteiger charge is -2.23. The molecule has 0 aliphatic heterocycles. The van der Waals surface area contributed by atoms with Crippen LogP contribution in [0.4, 0.5) is 0 Å². The molecule has 0 spiro atoms. The Hall–Kier alpha value is -0.850. The van der Waals surface area contributed by atoms with Gasteiger partial charge < -0.3 is 10.3 Å². The Kier molecular flexibility index (Phi) is 4.35. The number of H-pyrrole nitrogens is 1. The molecular weight excluding hydrogens is 331 g/mol. The van der Waals surface area contributed by atoms with Gasteiger partial charge in [-0.1, -0.05) is 22.6 Å². The number of carbonyl (C=O) groups excluding carboxylic acids is 2. The summed E-state index contributed by atoms with van der Waals surface area (Å²) in [6, 6.07) is 0. The smallest absolute Gasteiger partial charge is 0.253 e. The Bertz CT molecular complexity index is 450. The first-order chi connectivity index (χ1) is 7.82. The Morgan fingerprint density at radius 2 is 2.06 bits per heavy atom. The lowest BCUT2D eigenvalue weighted by molar-refractivity contribution is 0.0920. The summed E-state index contributed by atoms with van der Waals surface area (Å²) in [6.45, 7) is 7.51. The minimum Gasteiger partial charge on any atom is -0.356 e. The molecule has 0 aliphatic rings. The van der Waals surface area contributed by atoms with Crippen LogP contribution in [0.2, 0.25) is 0 Å². The lowest BCUT2D eigenvalue weighted by Crippen LogP contribution is -2.45. The van der Waals surface area contributed by atoms with Crippen molar-refractivity contribution in [1.82, 2.24) is 10.3 Å². The molecule has 0 saturated carbocycles. The van der Waals surface area contributed by atoms with E-state index >= 15 is 0 Å². The quantitative estimate of drug-likeness (QED) is 0.499. The third-order valence-electron chi connectivity index (χ3n) is 2.61. The van der Waals surface area contributed by atoms with Crippen LogP contribution in [-0.2, 0) is 0 Å². The normalized spacial score (nSPS) is 11.4. The predicted molar refractivity (Wildman–Crippen MR) is 76.1 cm³/mol. The van der Waals surface area contributed by atoms with Crippen molar-refractivity contribution in [1.29, 1.82) is 0 Å². The van der Waals surface area contributed by atoms with Crippen molar-refractivity contribution in [3.05, 3.63) is 22.5 Å². The van der Waals surface area contributed by atoms with Crippen molar-refractivity contribution in [2.75, 3.05) is 4.43 Å². The molecule has 0 atom stereocenters. The zero-order chi connectivity index (χ0) is 13.2. The van der Waals surface area contributed by atoms with Crippen LogP contribution < -0.4 is 5.32 Å². The SMILES string of the molecule is Cc1[nH]c(C=O)c(C)c1C(=O)NC(C)(C)CI. The molecule has 0 radical (unpaired) electrons. The average molecular weight is 348 g/mol. The maximum absolute atomic E-state index is 12.1. The first-order valence-electron chi connectivity index (χ1n) is 5.35. The largest absolute Gasteiger partial charge is 0.356 e. The highest BCUT2D eigenvalue weighted by atomic mass is 127. The molecule has 0 aromatic carbocycles. The number of amides is 1. The van der Waals surface area contributed by atoms with Gasteiger partial charge in [0.2, 0.25) is 0 Å². The molecule has 1 heterocycles. The first-order valence-corrected chi connectivity index (χ1v) is 6.87. The molecule has 2 N–H and O–H groups in total. The van der Waals surface area contributed by atoms with E-state index in [1.165, 1.54) is 0 Å². The summed E-state index contributed by atoms with van der Waals surface area (Å²) in [5.74, 6) is -0.133. The number of carbonyl (C=O) groups is 2. The van der Waals surface area contributed by atoms with Gasteiger partial charge in [0.05, 0.1) is 11.3 Å². The number of aryl methyl sites for hydroxylation is 1. The van der Waals surface area contributed by atoms with Gasteiger partial charge in [-0.05, 0) is 33.3 Å². The van der Waals surface area contributed by atoms with E-state index < -0.39 is 0 Å². The molecule has 0 bridgehead atoms. The van der Waals surface area contributed by atoms with Crippen molar-refractivity contribution in [3.8, 4) is 0 Å². The van der Waals surface area contributed by atoms with Crippen molar-refractivity contribution in [2.45, 2.75) is 33.2 Å². The van der Waals surface area contributed by atoms with E-state index in [1.807, 2.05) is 13.8 Å². The fourth-order valence-corrected chi connectivity index (χ4v) is 1.83. The minimum atomic E-state index is -0.255. The van der Waals surface area contributed by atoms with E-state index in [0.29, 0.717) is 16.8 Å². The second-order valence-electron chi connectivity index (χ2n) is 4.75. The molecule has 5 heteroatoms. The molecule has 94 valence electrons. The molecular formula is C12H17IN2O2. The summed E-state index contributed by atoms with van der Waals surface area (Å²) in [6.07, 6.45) is 0.739. The van der Waals surface area contributed by atoms with Crippen molar-refractivity contribution >= 4 is 34.8 Å². The van der Waals surface area contributed by atoms with Gasteiger partial charge in [0.15, 0.2) is 6.29 Å². The van der Waals surface area contributed by atoms with E-state index in [2.05, 4.69) is 32.9 Å². The van der Waals surface area contributed by atoms with E-state index in [9.17, 15) is 9.59 Å². The molecule has 0 aliphatic carbocycles. The van der Waals surface area contributed by atoms with Gasteiger partial charge in [-0.25, -0.2) is 0 Å². The third-order valence-corrected chi connectivity index (χ3v) is 4.51. The second-order valence-corrected chi connectivity index (χ2v) is 5.52. The van der Waals surface area contributed by atoms with E-state index in [0.717, 1.165) is 16.4 Å². The number of aromatic nitrogens is 1. The van der Waals surface area contributed by atoms with E-state index in [1.54, 1.807) is 13.8 Å². The highest BCUT2D eigenvalue weighted by Gasteiger charge is 2.23. The fourth-order valence-electron chi connectivity index (χ4n) is 1.64. The molecule has 1 aromatic heterocycles. The number of alkyl halides is 1. The highest BCUT2D eigenvalue weighted by Crippen LogP contribution is 2.18. The molecule has 1 aromatic rings. The molecule has 0 saturated heterocycles. The summed E-state index contributed by atoms with van der Waals surface area (Å²) in [4.78, 5) is 25.8. The maximum Gasteiger partial charge on any atom is 0.253 e. The Morgan fingerprint density at radius 1 is 1.47 bits per heavy atom. The van der Waals surface area contributed by atoms with Crippen molar-refractivity contribution < 1.29 is 9.59 Å². The fraction of sp³-hybridized carbons (Fsp3) is 0.500. The zero-order valence-electron chi connectivity index (χ0n) is 10.5. The van der Waals surface area contributed by atoms with Crippen LogP contribution in [0.25, 0.3) is 0 Å². The Morgan fingerprint density at radius 3 is 2.47 bits per heavy atom. The topological polar surface area (TPSA) is 62.0 Å². The summed E-state index contributed by atoms with van der Waals surface area (Å²) >= 11 is 2.23. The van der Waals surface area contributed by atoms with E-state index in [4.69, 9.17) is 0 Å². The molecule has 0 fully saturated rings. The molecule has 1 amide bonds. The number of rotatable bonds is 4. The van der Waals surface area contributed by atoms with Crippen LogP contribution in [0.5, 0.6) is 0 Å². The van der Waals surface area contributed by atoms with Gasteiger partial charge in [0.1, 0.15) is 0 Å². The van der Waals surface area contributed by atoms with Gasteiger partial charge in [-0.2, -0.15) is 0 Å². The Balaban J connectivity index is 3.05. The lowest BCUT2D eigenvalue weighted by atomic mass is 10.1. The maximum atomic E-state index is 12.1. The summed E-state index contributed by atoms with van der Waals surface area (Å²) in [7, 11) is 0. The van der Waals surface area contributed by atoms with Gasteiger partial charge in [-0.15, -0.1) is 0 Å². The van der Waals surface area contributed by atoms with Gasteiger partial charge in [0.25, 0.3) is 5.91 Å². The van der Waals surface area contributed by atoms with Gasteiger partial charge >= 0.3 is 0 Å². The van der Waals surface area contributed by atoms with Gasteiger partial charge in [-0.3, -0.25) is 9.59 Å². The summed E-state index contributed by atoms with van der Waals surface area (Å²) in [5.41, 5.74) is 2.23. The van der Waals surface area contributed by atoms with Gasteiger partial charge in [0, 0.05) is 15.7 Å². The zero-order valence-corrected chi connectivity index (χ0v) is 12.6. The average Bonchev–Trinajstić information content (AvgIpc) is 2.53. The number of nitrogens with one attached hydrogen (secondary N) is 2. The van der Waals surface area contributed by atoms with E-state index in [-0.39, 0.29) is 11.4 Å². The van der Waals surface area contributed by atoms with Crippen LogP contribution >= 0.6 is 22.6 Å². The monoisotopic (exact) mass is 348 g/mol. The number of halogens is 1. The highest BCUT2D eigenvalue weighted by molar-refractivity contribution is 14.1. The summed E-state index contributed by atoms with van der Waals surface area (Å²) in [5, 5.41) is 2.96. The third kappa shape index (κ3) is 3.08. The molecule has 1 rings (SSSR count). The number of aldehydes is 1. The van der Waals surface area contributed by atoms with Crippen molar-refractivity contribution in [3.63, 3.8) is 0 Å². The van der Waals surface area contributed by atoms with Crippen LogP contribution in [-0.4, -0.2) is 27.1 Å². The molecule has 17 heavy (non-hydrogen) atoms. The first kappa shape index (κ1) is 14.2. The number of aromatic amines is 1. The number of hydrogen-bond acceptors (Lipinski definition) is 2. The van der Waals surface area contributed by atoms with Crippen LogP contribution in [0.3, 0.4) is 0 Å². The Labute approximate surface area is 115 Å². The van der Waals surface area contributed by atoms with Crippen molar-refractivity contribution in [2.24, 2.45) is 0 Å². The standard InChI is InChI=1S/C12H17IN2O2/c1-7-9(5-16)14-8(2)10(7)11(17)15-12(3,4)6-13/h5,14H,6H2,1-4H3,(H,15,17). The van der Waals surface area contributed by atoms with Crippen LogP contribution in [0, 0.1) is 13.8 Å². The second kappa shape index (κ2) is 5.20. The van der Waals surface area contributed by atoms with Crippen LogP contribution in [0.15, 0.2) is 0 Å². The van der Waals surface area contributed by atoms with Crippen LogP contribution in [0.1, 0.15) is 46.0 Å². The number of hydrogen-bond donors (Lipinski definition) is 2. The molecule has 0 unspecified atom stereocenters. The summed E-state index contributed by atoms with van der Waals surface area (Å²) < 4.78 is 0.819.